The van der Waals surface area contributed by atoms with Crippen LogP contribution < -0.4 is 4.74 Å². The van der Waals surface area contributed by atoms with Gasteiger partial charge in [-0.2, -0.15) is 0 Å². The monoisotopic (exact) mass is 210 g/mol. The minimum absolute atomic E-state index is 0.945. The molecular formula is C15H14O. The number of hydrogen-bond donors (Lipinski definition) is 0. The van der Waals surface area contributed by atoms with Crippen molar-refractivity contribution < 1.29 is 4.74 Å². The van der Waals surface area contributed by atoms with E-state index in [1.54, 1.807) is 18.2 Å². The average Bonchev–Trinajstić information content (AvgIpc) is 2.30. The lowest BCUT2D eigenvalue weighted by Gasteiger charge is -2.93. The molecule has 4 unspecified atom stereocenters. The van der Waals surface area contributed by atoms with Crippen molar-refractivity contribution in [2.24, 2.45) is 35.5 Å². The molecule has 0 aromatic heterocycles. The maximum atomic E-state index is 5.38. The van der Waals surface area contributed by atoms with E-state index in [1.807, 2.05) is 0 Å². The Morgan fingerprint density at radius 1 is 0.812 bits per heavy atom. The lowest BCUT2D eigenvalue weighted by molar-refractivity contribution is -0.407. The first kappa shape index (κ1) is 7.37. The Morgan fingerprint density at radius 3 is 2.06 bits per heavy atom. The highest BCUT2D eigenvalue weighted by atomic mass is 16.5. The molecule has 2 bridgehead atoms. The van der Waals surface area contributed by atoms with Gasteiger partial charge in [0.1, 0.15) is 5.75 Å². The van der Waals surface area contributed by atoms with Gasteiger partial charge in [0.05, 0.1) is 7.11 Å². The maximum absolute atomic E-state index is 5.38. The zero-order chi connectivity index (χ0) is 10.2. The Labute approximate surface area is 94.8 Å². The number of benzene rings is 1. The molecule has 6 aliphatic rings. The zero-order valence-electron chi connectivity index (χ0n) is 9.26. The van der Waals surface area contributed by atoms with Crippen molar-refractivity contribution >= 4 is 0 Å². The van der Waals surface area contributed by atoms with Gasteiger partial charge in [-0.05, 0) is 70.6 Å². The Hall–Kier alpha value is -0.980. The molecule has 4 saturated carbocycles. The fraction of sp³-hybridized carbons (Fsp3) is 0.600. The van der Waals surface area contributed by atoms with Gasteiger partial charge in [-0.15, -0.1) is 0 Å². The first-order chi connectivity index (χ1) is 7.92. The molecule has 7 rings (SSSR count). The van der Waals surface area contributed by atoms with E-state index in [-0.39, 0.29) is 0 Å². The third-order valence-electron chi connectivity index (χ3n) is 6.78. The summed E-state index contributed by atoms with van der Waals surface area (Å²) < 4.78 is 5.38. The summed E-state index contributed by atoms with van der Waals surface area (Å²) in [6.45, 7) is 0. The number of rotatable bonds is 1. The van der Waals surface area contributed by atoms with E-state index in [2.05, 4.69) is 18.2 Å². The molecule has 0 radical (unpaired) electrons. The predicted octanol–water partition coefficient (Wildman–Crippen LogP) is 2.63. The molecule has 0 saturated heterocycles. The fourth-order valence-electron chi connectivity index (χ4n) is 6.51. The molecule has 1 aromatic carbocycles. The van der Waals surface area contributed by atoms with E-state index in [0.29, 0.717) is 0 Å². The summed E-state index contributed by atoms with van der Waals surface area (Å²) in [6.07, 6.45) is 0. The van der Waals surface area contributed by atoms with Crippen molar-refractivity contribution in [3.63, 3.8) is 0 Å². The molecule has 1 nitrogen and oxygen atoms in total. The summed E-state index contributed by atoms with van der Waals surface area (Å²) in [4.78, 5) is 0. The molecule has 0 amide bonds. The molecular weight excluding hydrogens is 196 g/mol. The standard InChI is InChI=1S/C15H14O/c1-16-5-2-3-6-7(4-5)9-12-10-8(6)11-13(9)15(12)14(10)11/h2-4,8-15H,1H3. The van der Waals surface area contributed by atoms with E-state index in [4.69, 9.17) is 4.74 Å². The second-order valence-corrected chi connectivity index (χ2v) is 6.51. The molecule has 0 N–H and O–H groups in total. The van der Waals surface area contributed by atoms with Crippen LogP contribution in [0, 0.1) is 35.5 Å². The summed E-state index contributed by atoms with van der Waals surface area (Å²) in [5.74, 6) is 9.78. The second-order valence-electron chi connectivity index (χ2n) is 6.51. The third kappa shape index (κ3) is 0.432. The Morgan fingerprint density at radius 2 is 1.44 bits per heavy atom. The minimum atomic E-state index is 0.945. The third-order valence-corrected chi connectivity index (χ3v) is 6.78. The molecule has 0 heterocycles. The van der Waals surface area contributed by atoms with Gasteiger partial charge in [0, 0.05) is 0 Å². The van der Waals surface area contributed by atoms with Gasteiger partial charge >= 0.3 is 0 Å². The van der Waals surface area contributed by atoms with Gasteiger partial charge in [0.2, 0.25) is 0 Å². The normalized spacial score (nSPS) is 59.6. The van der Waals surface area contributed by atoms with Gasteiger partial charge in [-0.1, -0.05) is 6.07 Å². The van der Waals surface area contributed by atoms with E-state index < -0.39 is 0 Å². The van der Waals surface area contributed by atoms with Crippen molar-refractivity contribution in [1.29, 1.82) is 0 Å². The van der Waals surface area contributed by atoms with Gasteiger partial charge in [-0.3, -0.25) is 0 Å². The van der Waals surface area contributed by atoms with E-state index in [0.717, 1.165) is 41.3 Å². The van der Waals surface area contributed by atoms with E-state index in [9.17, 15) is 0 Å². The van der Waals surface area contributed by atoms with Gasteiger partial charge in [0.25, 0.3) is 0 Å². The highest BCUT2D eigenvalue weighted by molar-refractivity contribution is 5.56. The van der Waals surface area contributed by atoms with Crippen LogP contribution in [0.5, 0.6) is 5.75 Å². The topological polar surface area (TPSA) is 9.23 Å². The summed E-state index contributed by atoms with van der Waals surface area (Å²) >= 11 is 0. The lowest BCUT2D eigenvalue weighted by atomic mass is 9.11. The molecule has 1 heteroatoms. The first-order valence-corrected chi connectivity index (χ1v) is 6.59. The van der Waals surface area contributed by atoms with E-state index in [1.165, 1.54) is 11.8 Å². The second kappa shape index (κ2) is 1.83. The van der Waals surface area contributed by atoms with Crippen LogP contribution in [0.15, 0.2) is 18.2 Å². The zero-order valence-corrected chi connectivity index (χ0v) is 9.26. The van der Waals surface area contributed by atoms with E-state index >= 15 is 0 Å². The number of hydrogen-bond acceptors (Lipinski definition) is 1. The smallest absolute Gasteiger partial charge is 0.119 e. The summed E-state index contributed by atoms with van der Waals surface area (Å²) in [5.41, 5.74) is 3.36. The number of methoxy groups -OCH3 is 1. The molecule has 4 fully saturated rings. The molecule has 6 aliphatic carbocycles. The molecule has 16 heavy (non-hydrogen) atoms. The Balaban J connectivity index is 1.63. The van der Waals surface area contributed by atoms with Gasteiger partial charge in [0.15, 0.2) is 0 Å². The maximum Gasteiger partial charge on any atom is 0.119 e. The van der Waals surface area contributed by atoms with Crippen LogP contribution in [-0.4, -0.2) is 7.11 Å². The molecule has 4 atom stereocenters. The van der Waals surface area contributed by atoms with Gasteiger partial charge < -0.3 is 4.74 Å². The van der Waals surface area contributed by atoms with Crippen molar-refractivity contribution in [3.05, 3.63) is 29.3 Å². The highest BCUT2D eigenvalue weighted by Gasteiger charge is 2.88. The molecule has 0 spiro atoms. The molecule has 80 valence electrons. The largest absolute Gasteiger partial charge is 0.497 e. The van der Waals surface area contributed by atoms with Crippen LogP contribution in [0.1, 0.15) is 23.0 Å². The van der Waals surface area contributed by atoms with Crippen LogP contribution in [0.3, 0.4) is 0 Å². The van der Waals surface area contributed by atoms with Gasteiger partial charge in [-0.25, -0.2) is 0 Å². The lowest BCUT2D eigenvalue weighted by Crippen LogP contribution is -2.87. The fourth-order valence-corrected chi connectivity index (χ4v) is 6.51. The summed E-state index contributed by atoms with van der Waals surface area (Å²) in [7, 11) is 1.78. The van der Waals surface area contributed by atoms with Crippen LogP contribution in [0.2, 0.25) is 0 Å². The van der Waals surface area contributed by atoms with Crippen LogP contribution in [0.4, 0.5) is 0 Å². The minimum Gasteiger partial charge on any atom is -0.497 e. The van der Waals surface area contributed by atoms with Crippen molar-refractivity contribution in [2.75, 3.05) is 7.11 Å². The van der Waals surface area contributed by atoms with Crippen LogP contribution >= 0.6 is 0 Å². The predicted molar refractivity (Wildman–Crippen MR) is 59.4 cm³/mol. The van der Waals surface area contributed by atoms with Crippen LogP contribution in [0.25, 0.3) is 0 Å². The Bertz CT molecular complexity index is 528. The highest BCUT2D eigenvalue weighted by Crippen LogP contribution is 2.94. The first-order valence-electron chi connectivity index (χ1n) is 6.59. The van der Waals surface area contributed by atoms with Crippen molar-refractivity contribution in [1.82, 2.24) is 0 Å². The molecule has 1 aromatic rings. The number of ether oxygens (including phenoxy) is 1. The molecule has 0 aliphatic heterocycles. The van der Waals surface area contributed by atoms with Crippen LogP contribution in [-0.2, 0) is 0 Å². The Kier molecular flexibility index (Phi) is 0.843. The quantitative estimate of drug-likeness (QED) is 0.692. The van der Waals surface area contributed by atoms with Crippen molar-refractivity contribution in [2.45, 2.75) is 11.8 Å². The van der Waals surface area contributed by atoms with Crippen molar-refractivity contribution in [3.8, 4) is 5.75 Å². The average molecular weight is 210 g/mol. The SMILES string of the molecule is COc1ccc2c(c1)C1C3C4C2C2C1C3C42. The summed E-state index contributed by atoms with van der Waals surface area (Å²) in [6, 6.07) is 6.86. The summed E-state index contributed by atoms with van der Waals surface area (Å²) in [5, 5.41) is 0.